The highest BCUT2D eigenvalue weighted by Gasteiger charge is 2.34. The van der Waals surface area contributed by atoms with Crippen LogP contribution in [0.3, 0.4) is 0 Å². The minimum absolute atomic E-state index is 0.0127. The number of nitrogens with one attached hydrogen (secondary N) is 1. The van der Waals surface area contributed by atoms with E-state index in [1.165, 1.54) is 18.2 Å². The summed E-state index contributed by atoms with van der Waals surface area (Å²) in [6.07, 6.45) is -6.31. The molecule has 176 valence electrons. The summed E-state index contributed by atoms with van der Waals surface area (Å²) in [4.78, 5) is 23.8. The number of carboxylic acid groups (broad SMARTS) is 1. The molecule has 0 spiro atoms. The predicted molar refractivity (Wildman–Crippen MR) is 119 cm³/mol. The zero-order valence-electron chi connectivity index (χ0n) is 18.0. The number of benzene rings is 3. The van der Waals surface area contributed by atoms with Crippen molar-refractivity contribution in [2.24, 2.45) is 0 Å². The van der Waals surface area contributed by atoms with Crippen molar-refractivity contribution in [3.63, 3.8) is 0 Å². The van der Waals surface area contributed by atoms with Crippen LogP contribution in [0.5, 0.6) is 0 Å². The SMILES string of the molecule is O=C(O)C[C@@H](Cc1ccccc1C(F)(F)F)NC(=O)OCC1c2ccccc2-c2ccccc21. The number of carbonyl (C=O) groups excluding carboxylic acids is 1. The maximum absolute atomic E-state index is 13.3. The number of halogens is 3. The molecular weight excluding hydrogens is 447 g/mol. The fourth-order valence-electron chi connectivity index (χ4n) is 4.43. The molecule has 34 heavy (non-hydrogen) atoms. The monoisotopic (exact) mass is 469 g/mol. The highest BCUT2D eigenvalue weighted by Crippen LogP contribution is 2.44. The molecule has 1 atom stereocenters. The molecule has 1 aliphatic rings. The number of carbonyl (C=O) groups is 2. The van der Waals surface area contributed by atoms with Gasteiger partial charge >= 0.3 is 18.2 Å². The number of alkyl carbamates (subject to hydrolysis) is 1. The van der Waals surface area contributed by atoms with Crippen molar-refractivity contribution in [2.75, 3.05) is 6.61 Å². The summed E-state index contributed by atoms with van der Waals surface area (Å²) in [6.45, 7) is 0.0127. The second kappa shape index (κ2) is 9.59. The summed E-state index contributed by atoms with van der Waals surface area (Å²) < 4.78 is 45.4. The topological polar surface area (TPSA) is 75.6 Å². The Bertz CT molecular complexity index is 1160. The van der Waals surface area contributed by atoms with Crippen molar-refractivity contribution >= 4 is 12.1 Å². The Hall–Kier alpha value is -3.81. The van der Waals surface area contributed by atoms with E-state index in [-0.39, 0.29) is 24.5 Å². The van der Waals surface area contributed by atoms with Crippen LogP contribution in [0.2, 0.25) is 0 Å². The van der Waals surface area contributed by atoms with E-state index in [1.54, 1.807) is 0 Å². The van der Waals surface area contributed by atoms with Crippen LogP contribution in [0.1, 0.15) is 34.6 Å². The van der Waals surface area contributed by atoms with E-state index in [1.807, 2.05) is 48.5 Å². The Morgan fingerprint density at radius 3 is 2.06 bits per heavy atom. The zero-order valence-corrected chi connectivity index (χ0v) is 18.0. The average Bonchev–Trinajstić information content (AvgIpc) is 3.11. The first kappa shape index (κ1) is 23.4. The third kappa shape index (κ3) is 5.06. The second-order valence-electron chi connectivity index (χ2n) is 8.12. The molecule has 3 aromatic carbocycles. The summed E-state index contributed by atoms with van der Waals surface area (Å²) in [5.41, 5.74) is 3.18. The highest BCUT2D eigenvalue weighted by atomic mass is 19.4. The summed E-state index contributed by atoms with van der Waals surface area (Å²) in [5, 5.41) is 11.6. The van der Waals surface area contributed by atoms with Gasteiger partial charge in [-0.3, -0.25) is 4.79 Å². The molecule has 0 unspecified atom stereocenters. The van der Waals surface area contributed by atoms with Crippen LogP contribution in [-0.2, 0) is 22.1 Å². The average molecular weight is 469 g/mol. The van der Waals surface area contributed by atoms with Gasteiger partial charge in [-0.1, -0.05) is 66.7 Å². The molecule has 4 rings (SSSR count). The lowest BCUT2D eigenvalue weighted by molar-refractivity contribution is -0.138. The number of ether oxygens (including phenoxy) is 1. The lowest BCUT2D eigenvalue weighted by Crippen LogP contribution is -2.39. The van der Waals surface area contributed by atoms with Crippen molar-refractivity contribution in [1.29, 1.82) is 0 Å². The number of amides is 1. The molecule has 3 aromatic rings. The van der Waals surface area contributed by atoms with E-state index in [0.717, 1.165) is 28.3 Å². The van der Waals surface area contributed by atoms with Gasteiger partial charge in [-0.2, -0.15) is 13.2 Å². The lowest BCUT2D eigenvalue weighted by Gasteiger charge is -2.20. The third-order valence-electron chi connectivity index (χ3n) is 5.88. The number of rotatable bonds is 7. The van der Waals surface area contributed by atoms with Gasteiger partial charge in [-0.25, -0.2) is 4.79 Å². The Kier molecular flexibility index (Phi) is 6.58. The van der Waals surface area contributed by atoms with E-state index in [9.17, 15) is 27.9 Å². The normalized spacial score (nSPS) is 13.6. The fraction of sp³-hybridized carbons (Fsp3) is 0.231. The molecule has 0 aliphatic heterocycles. The fourth-order valence-corrected chi connectivity index (χ4v) is 4.43. The predicted octanol–water partition coefficient (Wildman–Crippen LogP) is 5.63. The van der Waals surface area contributed by atoms with Gasteiger partial charge in [0.2, 0.25) is 0 Å². The van der Waals surface area contributed by atoms with Crippen LogP contribution in [0.4, 0.5) is 18.0 Å². The van der Waals surface area contributed by atoms with Gasteiger partial charge < -0.3 is 15.2 Å². The Balaban J connectivity index is 1.46. The van der Waals surface area contributed by atoms with Crippen molar-refractivity contribution in [3.05, 3.63) is 95.1 Å². The summed E-state index contributed by atoms with van der Waals surface area (Å²) >= 11 is 0. The van der Waals surface area contributed by atoms with Crippen molar-refractivity contribution in [2.45, 2.75) is 31.0 Å². The molecule has 8 heteroatoms. The van der Waals surface area contributed by atoms with Gasteiger partial charge in [-0.05, 0) is 40.3 Å². The maximum atomic E-state index is 13.3. The summed E-state index contributed by atoms with van der Waals surface area (Å²) in [5.74, 6) is -1.43. The molecule has 2 N–H and O–H groups in total. The highest BCUT2D eigenvalue weighted by molar-refractivity contribution is 5.79. The van der Waals surface area contributed by atoms with Crippen molar-refractivity contribution in [1.82, 2.24) is 5.32 Å². The smallest absolute Gasteiger partial charge is 0.416 e. The zero-order chi connectivity index (χ0) is 24.3. The van der Waals surface area contributed by atoms with E-state index in [0.29, 0.717) is 0 Å². The van der Waals surface area contributed by atoms with Crippen molar-refractivity contribution in [3.8, 4) is 11.1 Å². The molecule has 5 nitrogen and oxygen atoms in total. The van der Waals surface area contributed by atoms with E-state index in [2.05, 4.69) is 5.32 Å². The number of carboxylic acids is 1. The molecule has 0 saturated carbocycles. The van der Waals surface area contributed by atoms with Gasteiger partial charge in [0.25, 0.3) is 0 Å². The van der Waals surface area contributed by atoms with Gasteiger partial charge in [0.1, 0.15) is 6.61 Å². The Labute approximate surface area is 194 Å². The molecule has 1 amide bonds. The molecular formula is C26H22F3NO4. The van der Waals surface area contributed by atoms with Gasteiger partial charge in [0, 0.05) is 12.0 Å². The minimum atomic E-state index is -4.59. The van der Waals surface area contributed by atoms with E-state index in [4.69, 9.17) is 4.74 Å². The van der Waals surface area contributed by atoms with Crippen LogP contribution in [0.25, 0.3) is 11.1 Å². The van der Waals surface area contributed by atoms with Gasteiger partial charge in [-0.15, -0.1) is 0 Å². The standard InChI is InChI=1S/C26H22F3NO4/c27-26(28,29)23-12-6-1-7-16(23)13-17(14-24(31)32)30-25(33)34-15-22-20-10-4-2-8-18(20)19-9-3-5-11-21(19)22/h1-12,17,22H,13-15H2,(H,30,33)(H,31,32)/t17-/m1/s1. The Morgan fingerprint density at radius 1 is 0.912 bits per heavy atom. The first-order valence-corrected chi connectivity index (χ1v) is 10.7. The third-order valence-corrected chi connectivity index (χ3v) is 5.88. The number of hydrogen-bond donors (Lipinski definition) is 2. The number of aliphatic carboxylic acids is 1. The van der Waals surface area contributed by atoms with E-state index >= 15 is 0 Å². The maximum Gasteiger partial charge on any atom is 0.416 e. The quantitative estimate of drug-likeness (QED) is 0.470. The molecule has 1 aliphatic carbocycles. The summed E-state index contributed by atoms with van der Waals surface area (Å²) in [7, 11) is 0. The molecule has 0 radical (unpaired) electrons. The molecule has 0 saturated heterocycles. The Morgan fingerprint density at radius 2 is 1.47 bits per heavy atom. The molecule has 0 fully saturated rings. The molecule has 0 aromatic heterocycles. The molecule has 0 bridgehead atoms. The van der Waals surface area contributed by atoms with Crippen LogP contribution >= 0.6 is 0 Å². The van der Waals surface area contributed by atoms with E-state index < -0.39 is 36.3 Å². The van der Waals surface area contributed by atoms with Gasteiger partial charge in [0.15, 0.2) is 0 Å². The number of hydrogen-bond acceptors (Lipinski definition) is 3. The number of fused-ring (bicyclic) bond motifs is 3. The second-order valence-corrected chi connectivity index (χ2v) is 8.12. The lowest BCUT2D eigenvalue weighted by atomic mass is 9.98. The number of alkyl halides is 3. The van der Waals surface area contributed by atoms with Crippen molar-refractivity contribution < 1.29 is 32.6 Å². The van der Waals surface area contributed by atoms with Crippen LogP contribution in [-0.4, -0.2) is 29.8 Å². The van der Waals surface area contributed by atoms with Crippen LogP contribution < -0.4 is 5.32 Å². The summed E-state index contributed by atoms with van der Waals surface area (Å²) in [6, 6.07) is 19.4. The first-order chi connectivity index (χ1) is 16.2. The first-order valence-electron chi connectivity index (χ1n) is 10.7. The molecule has 0 heterocycles. The van der Waals surface area contributed by atoms with Crippen LogP contribution in [0.15, 0.2) is 72.8 Å². The van der Waals surface area contributed by atoms with Gasteiger partial charge in [0.05, 0.1) is 12.0 Å². The largest absolute Gasteiger partial charge is 0.481 e. The minimum Gasteiger partial charge on any atom is -0.481 e. The van der Waals surface area contributed by atoms with Crippen LogP contribution in [0, 0.1) is 0 Å².